The normalized spacial score (nSPS) is 10.4. The van der Waals surface area contributed by atoms with Gasteiger partial charge in [-0.2, -0.15) is 5.26 Å². The highest BCUT2D eigenvalue weighted by atomic mass is 35.5. The highest BCUT2D eigenvalue weighted by Gasteiger charge is 2.16. The molecule has 1 aromatic heterocycles. The molecule has 0 unspecified atom stereocenters. The summed E-state index contributed by atoms with van der Waals surface area (Å²) in [5.74, 6) is 0. The van der Waals surface area contributed by atoms with Gasteiger partial charge in [-0.25, -0.2) is 0 Å². The van der Waals surface area contributed by atoms with Crippen LogP contribution >= 0.6 is 22.9 Å². The number of halogens is 1. The Labute approximate surface area is 122 Å². The number of nitrogens with two attached hydrogens (primary N) is 1. The molecule has 0 aliphatic rings. The summed E-state index contributed by atoms with van der Waals surface area (Å²) in [6, 6.07) is 8.15. The second-order valence-electron chi connectivity index (χ2n) is 4.48. The Kier molecular flexibility index (Phi) is 4.14. The molecule has 0 aliphatic carbocycles. The van der Waals surface area contributed by atoms with Crippen molar-refractivity contribution in [1.29, 1.82) is 5.26 Å². The van der Waals surface area contributed by atoms with Crippen LogP contribution in [0.25, 0.3) is 10.4 Å². The van der Waals surface area contributed by atoms with Gasteiger partial charge in [-0.15, -0.1) is 11.3 Å². The maximum atomic E-state index is 9.12. The molecule has 0 spiro atoms. The molecule has 0 aliphatic heterocycles. The molecule has 4 heteroatoms. The molecule has 98 valence electrons. The molecular formula is C15H15ClN2S. The summed E-state index contributed by atoms with van der Waals surface area (Å²) in [6.45, 7) is 4.08. The third kappa shape index (κ3) is 2.60. The van der Waals surface area contributed by atoms with Gasteiger partial charge in [-0.1, -0.05) is 37.1 Å². The van der Waals surface area contributed by atoms with Gasteiger partial charge in [-0.05, 0) is 36.1 Å². The van der Waals surface area contributed by atoms with E-state index in [4.69, 9.17) is 22.6 Å². The lowest BCUT2D eigenvalue weighted by Gasteiger charge is -2.06. The van der Waals surface area contributed by atoms with Crippen molar-refractivity contribution >= 4 is 28.6 Å². The number of hydrogen-bond donors (Lipinski definition) is 1. The molecule has 2 aromatic rings. The topological polar surface area (TPSA) is 49.8 Å². The van der Waals surface area contributed by atoms with E-state index in [9.17, 15) is 0 Å². The van der Waals surface area contributed by atoms with E-state index in [2.05, 4.69) is 13.0 Å². The van der Waals surface area contributed by atoms with Crippen LogP contribution in [0.1, 0.15) is 29.3 Å². The second kappa shape index (κ2) is 5.64. The van der Waals surface area contributed by atoms with Crippen molar-refractivity contribution in [3.63, 3.8) is 0 Å². The molecule has 0 bridgehead atoms. The van der Waals surface area contributed by atoms with Gasteiger partial charge in [0.1, 0.15) is 10.9 Å². The van der Waals surface area contributed by atoms with Crippen LogP contribution in [0.5, 0.6) is 0 Å². The Balaban J connectivity index is 2.60. The van der Waals surface area contributed by atoms with Crippen LogP contribution < -0.4 is 5.73 Å². The first-order valence-electron chi connectivity index (χ1n) is 6.16. The number of benzene rings is 1. The van der Waals surface area contributed by atoms with Gasteiger partial charge >= 0.3 is 0 Å². The molecule has 2 N–H and O–H groups in total. The van der Waals surface area contributed by atoms with Crippen molar-refractivity contribution < 1.29 is 0 Å². The van der Waals surface area contributed by atoms with E-state index < -0.39 is 0 Å². The summed E-state index contributed by atoms with van der Waals surface area (Å²) >= 11 is 7.63. The highest BCUT2D eigenvalue weighted by Crippen LogP contribution is 2.40. The Morgan fingerprint density at radius 1 is 1.42 bits per heavy atom. The number of nitrogen functional groups attached to an aromatic ring is 1. The van der Waals surface area contributed by atoms with Crippen molar-refractivity contribution in [3.05, 3.63) is 39.2 Å². The van der Waals surface area contributed by atoms with E-state index in [0.717, 1.165) is 39.4 Å². The van der Waals surface area contributed by atoms with Crippen LogP contribution in [0.4, 0.5) is 5.69 Å². The molecule has 0 atom stereocenters. The van der Waals surface area contributed by atoms with Gasteiger partial charge in [0.15, 0.2) is 0 Å². The van der Waals surface area contributed by atoms with Gasteiger partial charge in [0.05, 0.1) is 5.69 Å². The lowest BCUT2D eigenvalue weighted by Crippen LogP contribution is -1.93. The Hall–Kier alpha value is -1.50. The first-order valence-corrected chi connectivity index (χ1v) is 7.35. The molecule has 0 fully saturated rings. The van der Waals surface area contributed by atoms with E-state index >= 15 is 0 Å². The van der Waals surface area contributed by atoms with Crippen LogP contribution in [-0.2, 0) is 6.42 Å². The van der Waals surface area contributed by atoms with Crippen molar-refractivity contribution in [2.45, 2.75) is 26.7 Å². The predicted molar refractivity (Wildman–Crippen MR) is 82.6 cm³/mol. The molecule has 1 heterocycles. The maximum Gasteiger partial charge on any atom is 0.128 e. The lowest BCUT2D eigenvalue weighted by atomic mass is 10.0. The first kappa shape index (κ1) is 13.9. The Morgan fingerprint density at radius 2 is 2.16 bits per heavy atom. The Morgan fingerprint density at radius 3 is 2.74 bits per heavy atom. The third-order valence-corrected chi connectivity index (χ3v) is 4.69. The summed E-state index contributed by atoms with van der Waals surface area (Å²) in [5.41, 5.74) is 9.85. The van der Waals surface area contributed by atoms with Gasteiger partial charge in [0, 0.05) is 9.90 Å². The second-order valence-corrected chi connectivity index (χ2v) is 5.91. The van der Waals surface area contributed by atoms with Crippen LogP contribution in [0.3, 0.4) is 0 Å². The average molecular weight is 291 g/mol. The standard InChI is InChI=1S/C15H15ClN2S/c1-3-4-11-14(18)13(8-17)19-15(11)10-6-5-9(2)12(16)7-10/h5-7H,3-4,18H2,1-2H3. The zero-order valence-electron chi connectivity index (χ0n) is 11.0. The molecule has 0 amide bonds. The molecule has 2 nitrogen and oxygen atoms in total. The third-order valence-electron chi connectivity index (χ3n) is 3.08. The van der Waals surface area contributed by atoms with Gasteiger partial charge in [0.25, 0.3) is 0 Å². The minimum Gasteiger partial charge on any atom is -0.397 e. The van der Waals surface area contributed by atoms with Crippen molar-refractivity contribution in [3.8, 4) is 16.5 Å². The van der Waals surface area contributed by atoms with Crippen LogP contribution in [-0.4, -0.2) is 0 Å². The van der Waals surface area contributed by atoms with Crippen molar-refractivity contribution in [1.82, 2.24) is 0 Å². The lowest BCUT2D eigenvalue weighted by molar-refractivity contribution is 0.930. The van der Waals surface area contributed by atoms with Gasteiger partial charge in [0.2, 0.25) is 0 Å². The zero-order valence-corrected chi connectivity index (χ0v) is 12.5. The molecule has 1 aromatic carbocycles. The van der Waals surface area contributed by atoms with Gasteiger partial charge in [-0.3, -0.25) is 0 Å². The molecular weight excluding hydrogens is 276 g/mol. The van der Waals surface area contributed by atoms with Crippen LogP contribution in [0.15, 0.2) is 18.2 Å². The predicted octanol–water partition coefficient (Wildman–Crippen LogP) is 4.78. The smallest absolute Gasteiger partial charge is 0.128 e. The molecule has 0 saturated carbocycles. The number of nitrogens with zero attached hydrogens (tertiary/aromatic N) is 1. The fraction of sp³-hybridized carbons (Fsp3) is 0.267. The van der Waals surface area contributed by atoms with Gasteiger partial charge < -0.3 is 5.73 Å². The first-order chi connectivity index (χ1) is 9.08. The summed E-state index contributed by atoms with van der Waals surface area (Å²) in [4.78, 5) is 1.66. The number of anilines is 1. The molecule has 2 rings (SSSR count). The number of nitriles is 1. The Bertz CT molecular complexity index is 653. The van der Waals surface area contributed by atoms with Crippen LogP contribution in [0.2, 0.25) is 5.02 Å². The molecule has 0 saturated heterocycles. The van der Waals surface area contributed by atoms with E-state index in [1.165, 1.54) is 11.3 Å². The highest BCUT2D eigenvalue weighted by molar-refractivity contribution is 7.16. The van der Waals surface area contributed by atoms with Crippen molar-refractivity contribution in [2.24, 2.45) is 0 Å². The molecule has 0 radical (unpaired) electrons. The number of aryl methyl sites for hydroxylation is 1. The van der Waals surface area contributed by atoms with E-state index in [-0.39, 0.29) is 0 Å². The van der Waals surface area contributed by atoms with Crippen molar-refractivity contribution in [2.75, 3.05) is 5.73 Å². The number of hydrogen-bond acceptors (Lipinski definition) is 3. The fourth-order valence-electron chi connectivity index (χ4n) is 2.03. The largest absolute Gasteiger partial charge is 0.397 e. The van der Waals surface area contributed by atoms with E-state index in [0.29, 0.717) is 10.6 Å². The molecule has 19 heavy (non-hydrogen) atoms. The van der Waals surface area contributed by atoms with E-state index in [1.54, 1.807) is 0 Å². The summed E-state index contributed by atoms with van der Waals surface area (Å²) in [5, 5.41) is 9.87. The van der Waals surface area contributed by atoms with Crippen LogP contribution in [0, 0.1) is 18.3 Å². The minimum atomic E-state index is 0.593. The number of rotatable bonds is 3. The minimum absolute atomic E-state index is 0.593. The fourth-order valence-corrected chi connectivity index (χ4v) is 3.27. The monoisotopic (exact) mass is 290 g/mol. The zero-order chi connectivity index (χ0) is 14.0. The SMILES string of the molecule is CCCc1c(-c2ccc(C)c(Cl)c2)sc(C#N)c1N. The maximum absolute atomic E-state index is 9.12. The summed E-state index contributed by atoms with van der Waals surface area (Å²) in [7, 11) is 0. The quantitative estimate of drug-likeness (QED) is 0.884. The average Bonchev–Trinajstić information content (AvgIpc) is 2.71. The number of thiophene rings is 1. The summed E-state index contributed by atoms with van der Waals surface area (Å²) < 4.78 is 0. The summed E-state index contributed by atoms with van der Waals surface area (Å²) in [6.07, 6.45) is 1.88. The van der Waals surface area contributed by atoms with E-state index in [1.807, 2.05) is 25.1 Å².